The largest absolute Gasteiger partial charge is 0.502 e. The van der Waals surface area contributed by atoms with Crippen LogP contribution in [-0.2, 0) is 13.0 Å². The van der Waals surface area contributed by atoms with Crippen molar-refractivity contribution in [3.63, 3.8) is 0 Å². The molecule has 0 unspecified atom stereocenters. The van der Waals surface area contributed by atoms with E-state index in [0.717, 1.165) is 23.7 Å². The zero-order chi connectivity index (χ0) is 14.5. The number of hydrogen-bond acceptors (Lipinski definition) is 4. The average Bonchev–Trinajstić information content (AvgIpc) is 2.42. The van der Waals surface area contributed by atoms with Crippen molar-refractivity contribution >= 4 is 15.9 Å². The fourth-order valence-electron chi connectivity index (χ4n) is 1.84. The summed E-state index contributed by atoms with van der Waals surface area (Å²) in [5.41, 5.74) is 0.847. The van der Waals surface area contributed by atoms with Crippen molar-refractivity contribution in [3.8, 4) is 5.75 Å². The highest BCUT2D eigenvalue weighted by Crippen LogP contribution is 2.12. The molecule has 0 aliphatic carbocycles. The quantitative estimate of drug-likeness (QED) is 0.911. The molecular weight excluding hydrogens is 322 g/mol. The minimum atomic E-state index is -0.410. The maximum atomic E-state index is 11.3. The highest BCUT2D eigenvalue weighted by molar-refractivity contribution is 9.10. The molecule has 4 nitrogen and oxygen atoms in total. The summed E-state index contributed by atoms with van der Waals surface area (Å²) in [5, 5.41) is 9.13. The van der Waals surface area contributed by atoms with E-state index >= 15 is 0 Å². The maximum Gasteiger partial charge on any atom is 0.226 e. The van der Waals surface area contributed by atoms with Gasteiger partial charge in [0.1, 0.15) is 12.0 Å². The first-order chi connectivity index (χ1) is 9.54. The first kappa shape index (κ1) is 14.8. The normalized spacial score (nSPS) is 10.9. The van der Waals surface area contributed by atoms with Gasteiger partial charge in [0.25, 0.3) is 0 Å². The molecule has 0 atom stereocenters. The Kier molecular flexibility index (Phi) is 4.98. The molecule has 0 saturated heterocycles. The molecular formula is C15H16BrNO3. The zero-order valence-corrected chi connectivity index (χ0v) is 12.8. The Labute approximate surface area is 125 Å². The topological polar surface area (TPSA) is 53.7 Å². The van der Waals surface area contributed by atoms with E-state index in [2.05, 4.69) is 33.0 Å². The van der Waals surface area contributed by atoms with Gasteiger partial charge >= 0.3 is 0 Å². The zero-order valence-electron chi connectivity index (χ0n) is 11.2. The fourth-order valence-corrected chi connectivity index (χ4v) is 2.11. The molecule has 2 aromatic rings. The second kappa shape index (κ2) is 6.72. The predicted molar refractivity (Wildman–Crippen MR) is 80.8 cm³/mol. The Balaban J connectivity index is 1.88. The van der Waals surface area contributed by atoms with Crippen LogP contribution in [0.3, 0.4) is 0 Å². The summed E-state index contributed by atoms with van der Waals surface area (Å²) in [6.45, 7) is 1.39. The Bertz CT molecular complexity index is 622. The van der Waals surface area contributed by atoms with E-state index in [9.17, 15) is 4.79 Å². The van der Waals surface area contributed by atoms with Gasteiger partial charge in [-0.15, -0.1) is 0 Å². The van der Waals surface area contributed by atoms with Crippen LogP contribution in [0.4, 0.5) is 0 Å². The number of aromatic hydroxyl groups is 1. The van der Waals surface area contributed by atoms with Crippen molar-refractivity contribution in [2.45, 2.75) is 13.0 Å². The van der Waals surface area contributed by atoms with E-state index in [1.165, 1.54) is 11.6 Å². The van der Waals surface area contributed by atoms with Gasteiger partial charge in [-0.25, -0.2) is 0 Å². The number of hydrogen-bond donors (Lipinski definition) is 1. The third-order valence-electron chi connectivity index (χ3n) is 2.99. The molecule has 0 aliphatic rings. The van der Waals surface area contributed by atoms with Gasteiger partial charge in [0, 0.05) is 17.1 Å². The monoisotopic (exact) mass is 337 g/mol. The standard InChI is InChI=1S/C15H16BrNO3/c1-17(7-6-11-2-4-12(16)5-3-11)9-13-8-14(18)15(19)10-20-13/h2-5,8,10,19H,6-7,9H2,1H3. The molecule has 2 rings (SSSR count). The van der Waals surface area contributed by atoms with Crippen LogP contribution >= 0.6 is 15.9 Å². The number of halogens is 1. The number of rotatable bonds is 5. The molecule has 1 N–H and O–H groups in total. The van der Waals surface area contributed by atoms with E-state index in [1.807, 2.05) is 19.2 Å². The Morgan fingerprint density at radius 3 is 2.65 bits per heavy atom. The first-order valence-electron chi connectivity index (χ1n) is 6.28. The molecule has 0 radical (unpaired) electrons. The first-order valence-corrected chi connectivity index (χ1v) is 7.07. The number of benzene rings is 1. The predicted octanol–water partition coefficient (Wildman–Crippen LogP) is 2.78. The summed E-state index contributed by atoms with van der Waals surface area (Å²) >= 11 is 3.41. The van der Waals surface area contributed by atoms with Crippen molar-refractivity contribution in [1.29, 1.82) is 0 Å². The molecule has 1 aromatic carbocycles. The number of nitrogens with zero attached hydrogens (tertiary/aromatic N) is 1. The summed E-state index contributed by atoms with van der Waals surface area (Å²) in [5.74, 6) is 0.192. The van der Waals surface area contributed by atoms with Gasteiger partial charge in [-0.3, -0.25) is 9.69 Å². The van der Waals surface area contributed by atoms with Crippen molar-refractivity contribution in [3.05, 3.63) is 62.6 Å². The molecule has 106 valence electrons. The van der Waals surface area contributed by atoms with E-state index in [4.69, 9.17) is 9.52 Å². The minimum Gasteiger partial charge on any atom is -0.502 e. The molecule has 0 bridgehead atoms. The van der Waals surface area contributed by atoms with E-state index in [0.29, 0.717) is 12.3 Å². The average molecular weight is 338 g/mol. The SMILES string of the molecule is CN(CCc1ccc(Br)cc1)Cc1cc(=O)c(O)co1. The molecule has 20 heavy (non-hydrogen) atoms. The van der Waals surface area contributed by atoms with Gasteiger partial charge in [-0.05, 0) is 31.2 Å². The van der Waals surface area contributed by atoms with Crippen molar-refractivity contribution < 1.29 is 9.52 Å². The third kappa shape index (κ3) is 4.21. The van der Waals surface area contributed by atoms with Gasteiger partial charge in [0.05, 0.1) is 6.54 Å². The summed E-state index contributed by atoms with van der Waals surface area (Å²) in [4.78, 5) is 13.4. The van der Waals surface area contributed by atoms with Crippen LogP contribution in [-0.4, -0.2) is 23.6 Å². The van der Waals surface area contributed by atoms with Crippen LogP contribution in [0.25, 0.3) is 0 Å². The van der Waals surface area contributed by atoms with Gasteiger partial charge in [-0.1, -0.05) is 28.1 Å². The van der Waals surface area contributed by atoms with Crippen LogP contribution in [0, 0.1) is 0 Å². The second-order valence-electron chi connectivity index (χ2n) is 4.71. The summed E-state index contributed by atoms with van der Waals surface area (Å²) in [6.07, 6.45) is 2.01. The molecule has 0 aliphatic heterocycles. The summed E-state index contributed by atoms with van der Waals surface area (Å²) in [6, 6.07) is 9.53. The highest BCUT2D eigenvalue weighted by Gasteiger charge is 2.06. The Hall–Kier alpha value is -1.59. The lowest BCUT2D eigenvalue weighted by Gasteiger charge is -2.15. The van der Waals surface area contributed by atoms with Crippen LogP contribution in [0.5, 0.6) is 5.75 Å². The van der Waals surface area contributed by atoms with Gasteiger partial charge in [0.15, 0.2) is 5.75 Å². The summed E-state index contributed by atoms with van der Waals surface area (Å²) in [7, 11) is 1.96. The maximum absolute atomic E-state index is 11.3. The van der Waals surface area contributed by atoms with Crippen molar-refractivity contribution in [2.75, 3.05) is 13.6 Å². The fraction of sp³-hybridized carbons (Fsp3) is 0.267. The van der Waals surface area contributed by atoms with E-state index in [1.54, 1.807) is 0 Å². The molecule has 1 heterocycles. The lowest BCUT2D eigenvalue weighted by atomic mass is 10.1. The minimum absolute atomic E-state index is 0.355. The number of likely N-dealkylation sites (N-methyl/N-ethyl adjacent to an activating group) is 1. The Morgan fingerprint density at radius 2 is 2.00 bits per heavy atom. The Morgan fingerprint density at radius 1 is 1.30 bits per heavy atom. The smallest absolute Gasteiger partial charge is 0.226 e. The molecule has 1 aromatic heterocycles. The van der Waals surface area contributed by atoms with Gasteiger partial charge in [0.2, 0.25) is 5.43 Å². The van der Waals surface area contributed by atoms with Crippen LogP contribution in [0.15, 0.2) is 50.3 Å². The van der Waals surface area contributed by atoms with E-state index < -0.39 is 5.43 Å². The van der Waals surface area contributed by atoms with Crippen LogP contribution < -0.4 is 5.43 Å². The molecule has 0 amide bonds. The second-order valence-corrected chi connectivity index (χ2v) is 5.63. The molecule has 0 spiro atoms. The molecule has 0 saturated carbocycles. The highest BCUT2D eigenvalue weighted by atomic mass is 79.9. The van der Waals surface area contributed by atoms with Crippen molar-refractivity contribution in [1.82, 2.24) is 4.90 Å². The molecule has 5 heteroatoms. The lowest BCUT2D eigenvalue weighted by molar-refractivity contribution is 0.290. The third-order valence-corrected chi connectivity index (χ3v) is 3.52. The van der Waals surface area contributed by atoms with Gasteiger partial charge < -0.3 is 9.52 Å². The lowest BCUT2D eigenvalue weighted by Crippen LogP contribution is -2.21. The molecule has 0 fully saturated rings. The van der Waals surface area contributed by atoms with Crippen molar-refractivity contribution in [2.24, 2.45) is 0 Å². The van der Waals surface area contributed by atoms with Crippen LogP contribution in [0.2, 0.25) is 0 Å². The summed E-state index contributed by atoms with van der Waals surface area (Å²) < 4.78 is 6.25. The van der Waals surface area contributed by atoms with E-state index in [-0.39, 0.29) is 5.75 Å². The van der Waals surface area contributed by atoms with Gasteiger partial charge in [-0.2, -0.15) is 0 Å². The van der Waals surface area contributed by atoms with Crippen LogP contribution in [0.1, 0.15) is 11.3 Å².